The van der Waals surface area contributed by atoms with Gasteiger partial charge in [0.25, 0.3) is 0 Å². The number of carbonyl (C=O) groups excluding carboxylic acids is 1. The molecule has 0 aliphatic carbocycles. The van der Waals surface area contributed by atoms with Gasteiger partial charge in [-0.25, -0.2) is 0 Å². The number of aromatic nitrogens is 2. The average Bonchev–Trinajstić information content (AvgIpc) is 2.73. The summed E-state index contributed by atoms with van der Waals surface area (Å²) in [6.45, 7) is 6.73. The molecule has 0 amide bonds. The standard InChI is InChI=1S/C23H26N2O2S/c1-4-23(5-2)13-14-28-21-12-8-17(15-20(21)23)7-9-18-10-11-19(25-24-18)16-22(26)27-6-3/h8,10-12,15H,4-6,13-14,16H2,1-3H3. The van der Waals surface area contributed by atoms with Crippen molar-refractivity contribution in [3.05, 3.63) is 52.8 Å². The third-order valence-corrected chi connectivity index (χ3v) is 6.50. The van der Waals surface area contributed by atoms with E-state index in [9.17, 15) is 4.79 Å². The van der Waals surface area contributed by atoms with Crippen molar-refractivity contribution in [3.8, 4) is 11.8 Å². The number of nitrogens with zero attached hydrogens (tertiary/aromatic N) is 2. The van der Waals surface area contributed by atoms with E-state index < -0.39 is 0 Å². The predicted molar refractivity (Wildman–Crippen MR) is 112 cm³/mol. The van der Waals surface area contributed by atoms with Gasteiger partial charge in [0, 0.05) is 10.5 Å². The summed E-state index contributed by atoms with van der Waals surface area (Å²) >= 11 is 1.95. The fourth-order valence-electron chi connectivity index (χ4n) is 3.64. The molecule has 28 heavy (non-hydrogen) atoms. The summed E-state index contributed by atoms with van der Waals surface area (Å²) in [6.07, 6.45) is 3.66. The Kier molecular flexibility index (Phi) is 6.74. The van der Waals surface area contributed by atoms with Gasteiger partial charge in [-0.15, -0.1) is 16.9 Å². The Balaban J connectivity index is 1.78. The molecule has 0 N–H and O–H groups in total. The number of thioether (sulfide) groups is 1. The monoisotopic (exact) mass is 394 g/mol. The molecule has 1 aromatic carbocycles. The summed E-state index contributed by atoms with van der Waals surface area (Å²) in [5.41, 5.74) is 3.90. The molecule has 0 saturated heterocycles. The first kappa shape index (κ1) is 20.4. The van der Waals surface area contributed by atoms with Gasteiger partial charge >= 0.3 is 5.97 Å². The number of esters is 1. The second kappa shape index (κ2) is 9.25. The Morgan fingerprint density at radius 3 is 2.64 bits per heavy atom. The molecular weight excluding hydrogens is 368 g/mol. The van der Waals surface area contributed by atoms with Crippen LogP contribution in [-0.4, -0.2) is 28.5 Å². The van der Waals surface area contributed by atoms with Gasteiger partial charge in [0.05, 0.1) is 18.7 Å². The van der Waals surface area contributed by atoms with Crippen molar-refractivity contribution in [2.24, 2.45) is 0 Å². The zero-order valence-corrected chi connectivity index (χ0v) is 17.6. The molecule has 2 aromatic rings. The van der Waals surface area contributed by atoms with Crippen molar-refractivity contribution >= 4 is 17.7 Å². The van der Waals surface area contributed by atoms with Crippen LogP contribution in [-0.2, 0) is 21.4 Å². The van der Waals surface area contributed by atoms with Crippen molar-refractivity contribution < 1.29 is 9.53 Å². The molecule has 0 atom stereocenters. The molecule has 1 aliphatic heterocycles. The molecule has 0 unspecified atom stereocenters. The highest BCUT2D eigenvalue weighted by Crippen LogP contribution is 2.46. The Labute approximate surface area is 171 Å². The molecule has 4 nitrogen and oxygen atoms in total. The minimum absolute atomic E-state index is 0.132. The lowest BCUT2D eigenvalue weighted by Crippen LogP contribution is -2.28. The molecule has 0 radical (unpaired) electrons. The minimum atomic E-state index is -0.294. The van der Waals surface area contributed by atoms with Crippen molar-refractivity contribution in [1.29, 1.82) is 0 Å². The van der Waals surface area contributed by atoms with Crippen LogP contribution in [0.5, 0.6) is 0 Å². The number of benzene rings is 1. The van der Waals surface area contributed by atoms with E-state index in [1.165, 1.54) is 22.6 Å². The van der Waals surface area contributed by atoms with Crippen LogP contribution in [0.15, 0.2) is 35.2 Å². The van der Waals surface area contributed by atoms with Gasteiger partial charge in [0.2, 0.25) is 0 Å². The van der Waals surface area contributed by atoms with E-state index in [2.05, 4.69) is 54.1 Å². The van der Waals surface area contributed by atoms with E-state index in [-0.39, 0.29) is 17.8 Å². The minimum Gasteiger partial charge on any atom is -0.466 e. The van der Waals surface area contributed by atoms with Crippen molar-refractivity contribution in [1.82, 2.24) is 10.2 Å². The highest BCUT2D eigenvalue weighted by molar-refractivity contribution is 7.99. The highest BCUT2D eigenvalue weighted by Gasteiger charge is 2.33. The summed E-state index contributed by atoms with van der Waals surface area (Å²) < 4.78 is 4.93. The molecule has 0 spiro atoms. The van der Waals surface area contributed by atoms with Gasteiger partial charge in [-0.2, -0.15) is 5.10 Å². The summed E-state index contributed by atoms with van der Waals surface area (Å²) in [4.78, 5) is 12.9. The summed E-state index contributed by atoms with van der Waals surface area (Å²) in [6, 6.07) is 10.1. The van der Waals surface area contributed by atoms with Gasteiger partial charge in [0.1, 0.15) is 5.69 Å². The average molecular weight is 395 g/mol. The second-order valence-electron chi connectivity index (χ2n) is 6.94. The predicted octanol–water partition coefficient (Wildman–Crippen LogP) is 4.54. The quantitative estimate of drug-likeness (QED) is 0.551. The highest BCUT2D eigenvalue weighted by atomic mass is 32.2. The molecule has 0 fully saturated rings. The fraction of sp³-hybridized carbons (Fsp3) is 0.435. The van der Waals surface area contributed by atoms with Crippen LogP contribution in [0.4, 0.5) is 0 Å². The molecule has 2 heterocycles. The first-order chi connectivity index (χ1) is 13.6. The number of fused-ring (bicyclic) bond motifs is 1. The maximum absolute atomic E-state index is 11.5. The molecule has 0 saturated carbocycles. The van der Waals surface area contributed by atoms with Crippen molar-refractivity contribution in [2.75, 3.05) is 12.4 Å². The number of rotatable bonds is 5. The van der Waals surface area contributed by atoms with E-state index in [4.69, 9.17) is 4.74 Å². The van der Waals surface area contributed by atoms with Crippen LogP contribution >= 0.6 is 11.8 Å². The Bertz CT molecular complexity index is 893. The lowest BCUT2D eigenvalue weighted by molar-refractivity contribution is -0.142. The van der Waals surface area contributed by atoms with Crippen LogP contribution in [0, 0.1) is 11.8 Å². The molecule has 5 heteroatoms. The maximum atomic E-state index is 11.5. The van der Waals surface area contributed by atoms with E-state index >= 15 is 0 Å². The summed E-state index contributed by atoms with van der Waals surface area (Å²) in [5.74, 6) is 7.21. The largest absolute Gasteiger partial charge is 0.466 e. The Morgan fingerprint density at radius 2 is 1.96 bits per heavy atom. The van der Waals surface area contributed by atoms with E-state index in [0.29, 0.717) is 18.0 Å². The van der Waals surface area contributed by atoms with Crippen LogP contribution in [0.3, 0.4) is 0 Å². The van der Waals surface area contributed by atoms with Gasteiger partial charge in [0.15, 0.2) is 0 Å². The van der Waals surface area contributed by atoms with Crippen LogP contribution < -0.4 is 0 Å². The second-order valence-corrected chi connectivity index (χ2v) is 8.08. The van der Waals surface area contributed by atoms with Gasteiger partial charge in [-0.05, 0) is 79.2 Å². The van der Waals surface area contributed by atoms with E-state index in [1.807, 2.05) is 11.8 Å². The molecular formula is C23H26N2O2S. The molecule has 3 rings (SSSR count). The molecule has 0 bridgehead atoms. The van der Waals surface area contributed by atoms with Crippen molar-refractivity contribution in [2.45, 2.75) is 56.8 Å². The summed E-state index contributed by atoms with van der Waals surface area (Å²) in [5, 5.41) is 8.20. The zero-order valence-electron chi connectivity index (χ0n) is 16.7. The van der Waals surface area contributed by atoms with E-state index in [1.54, 1.807) is 19.1 Å². The molecule has 1 aromatic heterocycles. The van der Waals surface area contributed by atoms with Gasteiger partial charge < -0.3 is 4.74 Å². The lowest BCUT2D eigenvalue weighted by atomic mass is 9.73. The number of hydrogen-bond donors (Lipinski definition) is 0. The van der Waals surface area contributed by atoms with Gasteiger partial charge in [-0.3, -0.25) is 4.79 Å². The smallest absolute Gasteiger partial charge is 0.311 e. The van der Waals surface area contributed by atoms with E-state index in [0.717, 1.165) is 18.4 Å². The normalized spacial score (nSPS) is 14.5. The molecule has 1 aliphatic rings. The zero-order chi connectivity index (χ0) is 20.0. The fourth-order valence-corrected chi connectivity index (χ4v) is 4.95. The Hall–Kier alpha value is -2.32. The van der Waals surface area contributed by atoms with Crippen LogP contribution in [0.1, 0.15) is 62.5 Å². The van der Waals surface area contributed by atoms with Crippen LogP contribution in [0.2, 0.25) is 0 Å². The molecule has 146 valence electrons. The first-order valence-electron chi connectivity index (χ1n) is 9.87. The third kappa shape index (κ3) is 4.56. The summed E-state index contributed by atoms with van der Waals surface area (Å²) in [7, 11) is 0. The number of hydrogen-bond acceptors (Lipinski definition) is 5. The Morgan fingerprint density at radius 1 is 1.14 bits per heavy atom. The lowest BCUT2D eigenvalue weighted by Gasteiger charge is -2.37. The van der Waals surface area contributed by atoms with Gasteiger partial charge in [-0.1, -0.05) is 19.8 Å². The maximum Gasteiger partial charge on any atom is 0.311 e. The number of carbonyl (C=O) groups is 1. The SMILES string of the molecule is CCOC(=O)Cc1ccc(C#Cc2ccc3c(c2)C(CC)(CC)CCS3)nn1. The number of ether oxygens (including phenoxy) is 1. The topological polar surface area (TPSA) is 52.1 Å². The third-order valence-electron chi connectivity index (χ3n) is 5.43. The first-order valence-corrected chi connectivity index (χ1v) is 10.9. The van der Waals surface area contributed by atoms with Crippen LogP contribution in [0.25, 0.3) is 0 Å². The van der Waals surface area contributed by atoms with Crippen molar-refractivity contribution in [3.63, 3.8) is 0 Å².